The van der Waals surface area contributed by atoms with Crippen LogP contribution in [0.3, 0.4) is 0 Å². The summed E-state index contributed by atoms with van der Waals surface area (Å²) in [6, 6.07) is 19.1. The van der Waals surface area contributed by atoms with Crippen LogP contribution in [0.2, 0.25) is 0 Å². The second-order valence-corrected chi connectivity index (χ2v) is 31.2. The Hall–Kier alpha value is -8.63. The summed E-state index contributed by atoms with van der Waals surface area (Å²) in [6.45, 7) is 26.6. The number of esters is 6. The molecule has 108 heavy (non-hydrogen) atoms. The van der Waals surface area contributed by atoms with Crippen LogP contribution in [-0.4, -0.2) is 151 Å². The number of hydrogen-bond donors (Lipinski definition) is 4. The number of carbonyl (C=O) groups is 11. The molecular weight excluding hydrogens is 1530 g/mol. The van der Waals surface area contributed by atoms with E-state index in [4.69, 9.17) is 41.0 Å². The number of aromatic amines is 1. The van der Waals surface area contributed by atoms with E-state index in [2.05, 4.69) is 44.8 Å². The molecule has 0 saturated carbocycles. The number of rotatable bonds is 19. The second kappa shape index (κ2) is 40.2. The van der Waals surface area contributed by atoms with Gasteiger partial charge in [0.15, 0.2) is 51.6 Å². The normalized spacial score (nSPS) is 12.1. The molecule has 35 heteroatoms. The molecule has 0 unspecified atom stereocenters. The van der Waals surface area contributed by atoms with Crippen LogP contribution < -0.4 is 45.9 Å². The van der Waals surface area contributed by atoms with Crippen molar-refractivity contribution in [3.63, 3.8) is 0 Å². The van der Waals surface area contributed by atoms with Crippen molar-refractivity contribution in [1.29, 1.82) is 0 Å². The number of ketones is 3. The Labute approximate surface area is 677 Å². The van der Waals surface area contributed by atoms with Gasteiger partial charge in [-0.2, -0.15) is 0 Å². The van der Waals surface area contributed by atoms with Gasteiger partial charge in [-0.25, -0.2) is 48.5 Å². The summed E-state index contributed by atoms with van der Waals surface area (Å²) in [5.41, 5.74) is 6.88. The van der Waals surface area contributed by atoms with Gasteiger partial charge in [-0.3, -0.25) is 19.2 Å². The van der Waals surface area contributed by atoms with Crippen molar-refractivity contribution in [2.75, 3.05) is 27.4 Å². The van der Waals surface area contributed by atoms with Crippen molar-refractivity contribution in [2.45, 2.75) is 147 Å². The maximum atomic E-state index is 13.2. The third-order valence-electron chi connectivity index (χ3n) is 14.8. The zero-order valence-corrected chi connectivity index (χ0v) is 70.1. The number of aromatic nitrogens is 6. The SMILES string of the molecule is CC(C)(C)OC(=O)N[C@H](C(=O)OCCl)C(C)(C)C.COC(=O)c1csc(C(=O)c2c[nH]c3ccccc23)n1.COC(=O)c1csc(C(=O)c2cn(COC(=O)[C@@H](N)C(C)(C)C)c3ccccc23)n1.COC(=O)c1csc(C(=O)c2cn(COC(=O)[C@@H](NC(=O)OC(C)(C)C)C(C)(C)C)c3ccccc23)n1.Cl.Cl.[H-].[Na+]. The van der Waals surface area contributed by atoms with Gasteiger partial charge in [-0.15, -0.1) is 58.8 Å². The van der Waals surface area contributed by atoms with Gasteiger partial charge in [-0.1, -0.05) is 129 Å². The van der Waals surface area contributed by atoms with Gasteiger partial charge in [0.05, 0.1) is 49.1 Å². The van der Waals surface area contributed by atoms with E-state index in [0.717, 1.165) is 50.4 Å². The van der Waals surface area contributed by atoms with Gasteiger partial charge >= 0.3 is 77.6 Å². The van der Waals surface area contributed by atoms with E-state index in [1.54, 1.807) is 120 Å². The fourth-order valence-corrected chi connectivity index (χ4v) is 11.8. The quantitative estimate of drug-likeness (QED) is 0.0192. The van der Waals surface area contributed by atoms with Crippen LogP contribution in [0.1, 0.15) is 183 Å². The summed E-state index contributed by atoms with van der Waals surface area (Å²) in [7, 11) is 3.78. The summed E-state index contributed by atoms with van der Waals surface area (Å²) in [4.78, 5) is 150. The van der Waals surface area contributed by atoms with E-state index in [1.165, 1.54) is 37.5 Å². The molecule has 6 aromatic heterocycles. The standard InChI is InChI=1S/C26H31N3O7S.C21H23N3O5S.C14H10N2O3S.C12H22ClNO4.2ClH.Na.H/c1-25(2,3)20(28-24(33)36-26(4,5)6)23(32)35-14-29-12-16(15-10-8-9-11-18(15)29)19(30)21-27-17(13-37-21)22(31)34-7;1-21(2,3)17(22)20(27)29-11-24-9-13(12-7-5-6-8-15(12)24)16(25)18-23-14(10-30-18)19(26)28-4;1-19-14(18)11-7-20-13(16-11)12(17)9-6-15-10-5-3-2-4-8(9)10;1-11(2,3)8(9(15)17-7-13)14-10(16)18-12(4,5)6;;;;/h8-13,20H,14H2,1-7H3,(H,28,33);5-10,17H,11,22H2,1-4H3;2-7,15H,1H3;8H,7H2,1-6H3,(H,14,16);2*1H;;/q;;;;;;+1;-1/t20-;17-;;8-;;;;/m11.1..../s1. The number of carbonyl (C=O) groups excluding carboxylic acids is 11. The van der Waals surface area contributed by atoms with Crippen LogP contribution >= 0.6 is 70.4 Å². The average Bonchev–Trinajstić information content (AvgIpc) is 1.64. The van der Waals surface area contributed by atoms with E-state index in [9.17, 15) is 52.7 Å². The number of alkyl halides is 1. The minimum Gasteiger partial charge on any atom is -1.00 e. The zero-order chi connectivity index (χ0) is 78.3. The number of amides is 2. The van der Waals surface area contributed by atoms with Gasteiger partial charge < -0.3 is 69.8 Å². The molecule has 0 spiro atoms. The molecule has 580 valence electrons. The predicted molar refractivity (Wildman–Crippen MR) is 410 cm³/mol. The van der Waals surface area contributed by atoms with E-state index >= 15 is 0 Å². The van der Waals surface area contributed by atoms with Crippen LogP contribution in [0.25, 0.3) is 32.7 Å². The van der Waals surface area contributed by atoms with E-state index < -0.39 is 93.6 Å². The zero-order valence-electron chi connectivity index (χ0n) is 64.2. The second-order valence-electron chi connectivity index (χ2n) is 28.4. The summed E-state index contributed by atoms with van der Waals surface area (Å²) in [5, 5.41) is 12.3. The average molecular weight is 1620 g/mol. The molecule has 9 aromatic rings. The summed E-state index contributed by atoms with van der Waals surface area (Å²) < 4.78 is 43.3. The largest absolute Gasteiger partial charge is 1.00 e. The van der Waals surface area contributed by atoms with Crippen LogP contribution in [0.4, 0.5) is 9.59 Å². The number of ether oxygens (including phenoxy) is 8. The Bertz CT molecular complexity index is 4670. The fraction of sp³-hybridized carbons (Fsp3) is 0.397. The number of alkyl carbamates (subject to hydrolysis) is 2. The number of hydrogen-bond acceptors (Lipinski definition) is 26. The first-order valence-corrected chi connectivity index (χ1v) is 35.5. The van der Waals surface area contributed by atoms with Crippen molar-refractivity contribution < 1.29 is 122 Å². The Morgan fingerprint density at radius 3 is 1.17 bits per heavy atom. The van der Waals surface area contributed by atoms with Gasteiger partial charge in [0.25, 0.3) is 0 Å². The molecule has 0 bridgehead atoms. The van der Waals surface area contributed by atoms with Gasteiger partial charge in [-0.05, 0) is 76.0 Å². The van der Waals surface area contributed by atoms with Crippen molar-refractivity contribution in [2.24, 2.45) is 22.0 Å². The summed E-state index contributed by atoms with van der Waals surface area (Å²) >= 11 is 8.59. The third-order valence-corrected chi connectivity index (χ3v) is 17.4. The predicted octanol–water partition coefficient (Wildman–Crippen LogP) is 10.8. The molecule has 0 aliphatic carbocycles. The van der Waals surface area contributed by atoms with Crippen molar-refractivity contribution in [1.82, 2.24) is 39.7 Å². The maximum absolute atomic E-state index is 13.2. The molecule has 2 amide bonds. The maximum Gasteiger partial charge on any atom is 1.00 e. The number of thiazole rings is 3. The van der Waals surface area contributed by atoms with Crippen LogP contribution in [0.5, 0.6) is 0 Å². The first-order chi connectivity index (χ1) is 49.0. The Morgan fingerprint density at radius 2 is 0.824 bits per heavy atom. The summed E-state index contributed by atoms with van der Waals surface area (Å²) in [6.07, 6.45) is 3.47. The topological polar surface area (TPSA) is 376 Å². The number of nitrogens with two attached hydrogens (primary N) is 1. The van der Waals surface area contributed by atoms with E-state index in [-0.39, 0.29) is 125 Å². The monoisotopic (exact) mass is 1620 g/mol. The Kier molecular flexibility index (Phi) is 34.8. The third kappa shape index (κ3) is 25.8. The smallest absolute Gasteiger partial charge is 1.00 e. The minimum absolute atomic E-state index is 0. The molecule has 0 saturated heterocycles. The van der Waals surface area contributed by atoms with Crippen LogP contribution in [0, 0.1) is 16.2 Å². The first-order valence-electron chi connectivity index (χ1n) is 32.3. The molecular formula is C73H89Cl3N9NaO19S3. The van der Waals surface area contributed by atoms with Crippen LogP contribution in [-0.2, 0) is 65.7 Å². The molecule has 0 aliphatic rings. The molecule has 0 aliphatic heterocycles. The molecule has 0 radical (unpaired) electrons. The molecule has 6 heterocycles. The molecule has 3 aromatic carbocycles. The number of halogens is 3. The van der Waals surface area contributed by atoms with Crippen molar-refractivity contribution in [3.05, 3.63) is 156 Å². The molecule has 0 fully saturated rings. The number of benzene rings is 3. The minimum atomic E-state index is -0.975. The fourth-order valence-electron chi connectivity index (χ4n) is 9.44. The molecule has 3 atom stereocenters. The number of nitrogens with zero attached hydrogens (tertiary/aromatic N) is 5. The Morgan fingerprint density at radius 1 is 0.491 bits per heavy atom. The van der Waals surface area contributed by atoms with Crippen molar-refractivity contribution in [3.8, 4) is 0 Å². The van der Waals surface area contributed by atoms with Gasteiger partial charge in [0.2, 0.25) is 17.3 Å². The van der Waals surface area contributed by atoms with Gasteiger partial charge in [0, 0.05) is 56.4 Å². The first kappa shape index (κ1) is 93.6. The van der Waals surface area contributed by atoms with E-state index in [0.29, 0.717) is 33.0 Å². The number of nitrogens with one attached hydrogen (secondary N) is 3. The number of fused-ring (bicyclic) bond motifs is 3. The number of H-pyrrole nitrogens is 1. The van der Waals surface area contributed by atoms with Crippen molar-refractivity contribution >= 4 is 168 Å². The Balaban J connectivity index is 0.000000506. The van der Waals surface area contributed by atoms with Crippen LogP contribution in [0.15, 0.2) is 108 Å². The molecule has 28 nitrogen and oxygen atoms in total. The van der Waals surface area contributed by atoms with Gasteiger partial charge in [0.1, 0.15) is 29.3 Å². The molecule has 9 rings (SSSR count). The van der Waals surface area contributed by atoms with E-state index in [1.807, 2.05) is 84.0 Å². The molecule has 5 N–H and O–H groups in total. The summed E-state index contributed by atoms with van der Waals surface area (Å²) in [5.74, 6) is -4.43. The number of para-hydroxylation sites is 3. The number of methoxy groups -OCH3 is 3.